The Morgan fingerprint density at radius 1 is 1.22 bits per heavy atom. The Morgan fingerprint density at radius 2 is 1.91 bits per heavy atom. The van der Waals surface area contributed by atoms with Gasteiger partial charge in [-0.1, -0.05) is 25.7 Å². The Bertz CT molecular complexity index is 678. The van der Waals surface area contributed by atoms with E-state index in [1.54, 1.807) is 0 Å². The summed E-state index contributed by atoms with van der Waals surface area (Å²) in [5.74, 6) is -1.94. The van der Waals surface area contributed by atoms with Gasteiger partial charge in [-0.2, -0.15) is 0 Å². The second-order valence-corrected chi connectivity index (χ2v) is 5.85. The lowest BCUT2D eigenvalue weighted by atomic mass is 9.87. The van der Waals surface area contributed by atoms with Gasteiger partial charge in [-0.15, -0.1) is 0 Å². The summed E-state index contributed by atoms with van der Waals surface area (Å²) >= 11 is 0. The van der Waals surface area contributed by atoms with Crippen molar-refractivity contribution in [3.05, 3.63) is 33.1 Å². The second kappa shape index (κ2) is 7.75. The molecule has 126 valence electrons. The quantitative estimate of drug-likeness (QED) is 0.724. The van der Waals surface area contributed by atoms with Gasteiger partial charge in [-0.25, -0.2) is 4.79 Å². The minimum atomic E-state index is -0.904. The zero-order chi connectivity index (χ0) is 16.8. The number of nitrogens with zero attached hydrogens (tertiary/aromatic N) is 1. The molecule has 0 bridgehead atoms. The number of amides is 1. The predicted octanol–water partition coefficient (Wildman–Crippen LogP) is 0.0764. The van der Waals surface area contributed by atoms with Gasteiger partial charge in [0.05, 0.1) is 5.92 Å². The van der Waals surface area contributed by atoms with Crippen LogP contribution >= 0.6 is 0 Å². The molecule has 3 N–H and O–H groups in total. The first-order valence-electron chi connectivity index (χ1n) is 7.79. The normalized spacial score (nSPS) is 21.9. The number of carbonyl (C=O) groups is 2. The van der Waals surface area contributed by atoms with Gasteiger partial charge in [0.15, 0.2) is 0 Å². The summed E-state index contributed by atoms with van der Waals surface area (Å²) in [6, 6.07) is 0.726. The summed E-state index contributed by atoms with van der Waals surface area (Å²) in [5, 5.41) is 12.1. The molecule has 0 aromatic carbocycles. The van der Waals surface area contributed by atoms with Crippen LogP contribution < -0.4 is 16.6 Å². The summed E-state index contributed by atoms with van der Waals surface area (Å²) in [4.78, 5) is 48.2. The summed E-state index contributed by atoms with van der Waals surface area (Å²) in [6.07, 6.45) is 6.14. The zero-order valence-corrected chi connectivity index (χ0v) is 12.8. The van der Waals surface area contributed by atoms with Crippen LogP contribution in [0.1, 0.15) is 38.5 Å². The number of aliphatic carboxylic acids is 1. The molecule has 0 radical (unpaired) electrons. The fraction of sp³-hybridized carbons (Fsp3) is 0.600. The molecule has 2 unspecified atom stereocenters. The maximum absolute atomic E-state index is 12.1. The largest absolute Gasteiger partial charge is 0.481 e. The van der Waals surface area contributed by atoms with Gasteiger partial charge in [0.1, 0.15) is 6.54 Å². The van der Waals surface area contributed by atoms with Crippen molar-refractivity contribution in [3.8, 4) is 0 Å². The van der Waals surface area contributed by atoms with Gasteiger partial charge in [0.2, 0.25) is 5.91 Å². The molecule has 2 atom stereocenters. The Kier molecular flexibility index (Phi) is 5.72. The lowest BCUT2D eigenvalue weighted by molar-refractivity contribution is -0.143. The third-order valence-electron chi connectivity index (χ3n) is 4.14. The molecule has 0 aliphatic heterocycles. The highest BCUT2D eigenvalue weighted by Gasteiger charge is 2.29. The van der Waals surface area contributed by atoms with Gasteiger partial charge in [-0.05, 0) is 12.8 Å². The van der Waals surface area contributed by atoms with Crippen LogP contribution in [0.4, 0.5) is 0 Å². The van der Waals surface area contributed by atoms with Crippen molar-refractivity contribution in [1.29, 1.82) is 0 Å². The molecular formula is C15H21N3O5. The predicted molar refractivity (Wildman–Crippen MR) is 82.1 cm³/mol. The SMILES string of the molecule is O=C(Cn1ccc(=O)[nH]c1=O)NC1CCCCCCC1C(=O)O. The van der Waals surface area contributed by atoms with Crippen LogP contribution in [0, 0.1) is 5.92 Å². The van der Waals surface area contributed by atoms with Gasteiger partial charge < -0.3 is 10.4 Å². The molecule has 1 aliphatic rings. The third kappa shape index (κ3) is 4.80. The van der Waals surface area contributed by atoms with Crippen molar-refractivity contribution in [2.75, 3.05) is 0 Å². The first-order valence-corrected chi connectivity index (χ1v) is 7.79. The standard InChI is InChI=1S/C15H21N3O5/c19-12-7-8-18(15(23)17-12)9-13(20)16-11-6-4-2-1-3-5-10(11)14(21)22/h7-8,10-11H,1-6,9H2,(H,16,20)(H,21,22)(H,17,19,23). The van der Waals surface area contributed by atoms with E-state index in [0.29, 0.717) is 12.8 Å². The molecule has 1 aromatic heterocycles. The molecule has 1 aromatic rings. The highest BCUT2D eigenvalue weighted by atomic mass is 16.4. The summed E-state index contributed by atoms with van der Waals surface area (Å²) in [7, 11) is 0. The fourth-order valence-corrected chi connectivity index (χ4v) is 2.93. The van der Waals surface area contributed by atoms with E-state index < -0.39 is 35.1 Å². The van der Waals surface area contributed by atoms with Gasteiger partial charge >= 0.3 is 11.7 Å². The van der Waals surface area contributed by atoms with E-state index in [0.717, 1.165) is 36.3 Å². The monoisotopic (exact) mass is 323 g/mol. The molecule has 0 saturated heterocycles. The van der Waals surface area contributed by atoms with Crippen LogP contribution in [0.3, 0.4) is 0 Å². The second-order valence-electron chi connectivity index (χ2n) is 5.85. The topological polar surface area (TPSA) is 121 Å². The third-order valence-corrected chi connectivity index (χ3v) is 4.14. The fourth-order valence-electron chi connectivity index (χ4n) is 2.93. The number of hydrogen-bond donors (Lipinski definition) is 3. The van der Waals surface area contributed by atoms with E-state index in [4.69, 9.17) is 0 Å². The smallest absolute Gasteiger partial charge is 0.328 e. The minimum absolute atomic E-state index is 0.252. The molecule has 1 fully saturated rings. The number of nitrogens with one attached hydrogen (secondary N) is 2. The van der Waals surface area contributed by atoms with E-state index in [9.17, 15) is 24.3 Å². The lowest BCUT2D eigenvalue weighted by Crippen LogP contribution is -2.46. The average Bonchev–Trinajstić information content (AvgIpc) is 2.44. The highest BCUT2D eigenvalue weighted by Crippen LogP contribution is 2.23. The number of aromatic amines is 1. The van der Waals surface area contributed by atoms with E-state index in [1.165, 1.54) is 6.20 Å². The van der Waals surface area contributed by atoms with Crippen LogP contribution in [0.5, 0.6) is 0 Å². The van der Waals surface area contributed by atoms with Gasteiger partial charge in [-0.3, -0.25) is 23.9 Å². The van der Waals surface area contributed by atoms with Crippen LogP contribution in [0.25, 0.3) is 0 Å². The Morgan fingerprint density at radius 3 is 2.57 bits per heavy atom. The van der Waals surface area contributed by atoms with Crippen molar-refractivity contribution >= 4 is 11.9 Å². The number of H-pyrrole nitrogens is 1. The van der Waals surface area contributed by atoms with E-state index in [1.807, 2.05) is 0 Å². The van der Waals surface area contributed by atoms with Crippen molar-refractivity contribution < 1.29 is 14.7 Å². The van der Waals surface area contributed by atoms with Crippen LogP contribution in [-0.2, 0) is 16.1 Å². The van der Waals surface area contributed by atoms with E-state index >= 15 is 0 Å². The van der Waals surface area contributed by atoms with Gasteiger partial charge in [0, 0.05) is 18.3 Å². The average molecular weight is 323 g/mol. The van der Waals surface area contributed by atoms with Crippen molar-refractivity contribution in [2.45, 2.75) is 51.1 Å². The maximum Gasteiger partial charge on any atom is 0.328 e. The highest BCUT2D eigenvalue weighted by molar-refractivity contribution is 5.78. The Labute approximate surface area is 132 Å². The molecule has 1 saturated carbocycles. The number of aromatic nitrogens is 2. The molecule has 1 amide bonds. The Balaban J connectivity index is 2.05. The van der Waals surface area contributed by atoms with Crippen molar-refractivity contribution in [3.63, 3.8) is 0 Å². The lowest BCUT2D eigenvalue weighted by Gasteiger charge is -2.27. The van der Waals surface area contributed by atoms with Crippen LogP contribution in [-0.4, -0.2) is 32.6 Å². The molecule has 2 rings (SSSR count). The van der Waals surface area contributed by atoms with Crippen LogP contribution in [0.15, 0.2) is 21.9 Å². The molecule has 1 aliphatic carbocycles. The number of rotatable bonds is 4. The summed E-state index contributed by atoms with van der Waals surface area (Å²) < 4.78 is 1.08. The Hall–Kier alpha value is -2.38. The van der Waals surface area contributed by atoms with E-state index in [-0.39, 0.29) is 6.54 Å². The minimum Gasteiger partial charge on any atom is -0.481 e. The number of carboxylic acid groups (broad SMARTS) is 1. The molecular weight excluding hydrogens is 302 g/mol. The first kappa shape index (κ1) is 17.0. The molecule has 23 heavy (non-hydrogen) atoms. The van der Waals surface area contributed by atoms with Gasteiger partial charge in [0.25, 0.3) is 5.56 Å². The molecule has 1 heterocycles. The van der Waals surface area contributed by atoms with Crippen molar-refractivity contribution in [2.24, 2.45) is 5.92 Å². The van der Waals surface area contributed by atoms with Crippen molar-refractivity contribution in [1.82, 2.24) is 14.9 Å². The maximum atomic E-state index is 12.1. The van der Waals surface area contributed by atoms with E-state index in [2.05, 4.69) is 10.3 Å². The zero-order valence-electron chi connectivity index (χ0n) is 12.8. The number of carbonyl (C=O) groups excluding carboxylic acids is 1. The summed E-state index contributed by atoms with van der Waals surface area (Å²) in [5.41, 5.74) is -1.20. The number of carboxylic acids is 1. The van der Waals surface area contributed by atoms with Crippen LogP contribution in [0.2, 0.25) is 0 Å². The summed E-state index contributed by atoms with van der Waals surface area (Å²) in [6.45, 7) is -0.252. The number of hydrogen-bond acceptors (Lipinski definition) is 4. The molecule has 0 spiro atoms. The molecule has 8 heteroatoms. The first-order chi connectivity index (χ1) is 11.0. The molecule has 8 nitrogen and oxygen atoms in total.